The molecule has 2 rings (SSSR count). The van der Waals surface area contributed by atoms with Crippen LogP contribution < -0.4 is 16.8 Å². The molecule has 0 aliphatic heterocycles. The molecule has 0 bridgehead atoms. The topological polar surface area (TPSA) is 81.1 Å². The van der Waals surface area contributed by atoms with Crippen LogP contribution in [-0.2, 0) is 0 Å². The second-order valence-corrected chi connectivity index (χ2v) is 6.03. The first-order valence-corrected chi connectivity index (χ1v) is 6.88. The number of amides is 1. The Hall–Kier alpha value is -1.23. The third-order valence-corrected chi connectivity index (χ3v) is 4.20. The molecule has 1 fully saturated rings. The summed E-state index contributed by atoms with van der Waals surface area (Å²) < 4.78 is 0.859. The van der Waals surface area contributed by atoms with Crippen molar-refractivity contribution in [3.63, 3.8) is 0 Å². The second-order valence-electron chi connectivity index (χ2n) is 5.18. The quantitative estimate of drug-likeness (QED) is 0.751. The molecule has 1 aliphatic carbocycles. The number of primary amides is 1. The molecule has 1 aromatic rings. The summed E-state index contributed by atoms with van der Waals surface area (Å²) in [6.45, 7) is 2.20. The van der Waals surface area contributed by atoms with E-state index >= 15 is 0 Å². The second kappa shape index (κ2) is 4.80. The van der Waals surface area contributed by atoms with Gasteiger partial charge in [-0.05, 0) is 47.8 Å². The average molecular weight is 312 g/mol. The molecule has 5 heteroatoms. The van der Waals surface area contributed by atoms with E-state index < -0.39 is 5.91 Å². The first-order valence-electron chi connectivity index (χ1n) is 6.08. The van der Waals surface area contributed by atoms with Crippen LogP contribution in [0.25, 0.3) is 0 Å². The smallest absolute Gasteiger partial charge is 0.250 e. The van der Waals surface area contributed by atoms with Gasteiger partial charge in [0.2, 0.25) is 0 Å². The van der Waals surface area contributed by atoms with E-state index in [9.17, 15) is 4.79 Å². The lowest BCUT2D eigenvalue weighted by molar-refractivity contribution is 0.100. The minimum absolute atomic E-state index is 0.0908. The van der Waals surface area contributed by atoms with Crippen LogP contribution >= 0.6 is 15.9 Å². The molecule has 1 amide bonds. The van der Waals surface area contributed by atoms with Crippen molar-refractivity contribution in [2.45, 2.75) is 38.1 Å². The number of nitrogen functional groups attached to an aromatic ring is 1. The molecular weight excluding hydrogens is 294 g/mol. The Morgan fingerprint density at radius 2 is 2.00 bits per heavy atom. The summed E-state index contributed by atoms with van der Waals surface area (Å²) in [6, 6.07) is 3.45. The van der Waals surface area contributed by atoms with Crippen molar-refractivity contribution >= 4 is 33.2 Å². The Kier molecular flexibility index (Phi) is 3.52. The van der Waals surface area contributed by atoms with Gasteiger partial charge < -0.3 is 16.8 Å². The molecule has 0 atom stereocenters. The van der Waals surface area contributed by atoms with Gasteiger partial charge in [0.25, 0.3) is 5.91 Å². The van der Waals surface area contributed by atoms with Crippen LogP contribution in [0.3, 0.4) is 0 Å². The van der Waals surface area contributed by atoms with Gasteiger partial charge in [0.15, 0.2) is 0 Å². The summed E-state index contributed by atoms with van der Waals surface area (Å²) in [6.07, 6.45) is 4.74. The first kappa shape index (κ1) is 13.2. The molecule has 5 N–H and O–H groups in total. The summed E-state index contributed by atoms with van der Waals surface area (Å²) in [7, 11) is 0. The highest BCUT2D eigenvalue weighted by atomic mass is 79.9. The van der Waals surface area contributed by atoms with Crippen molar-refractivity contribution in [1.29, 1.82) is 0 Å². The van der Waals surface area contributed by atoms with Crippen molar-refractivity contribution in [2.75, 3.05) is 11.1 Å². The summed E-state index contributed by atoms with van der Waals surface area (Å²) in [5, 5.41) is 3.50. The molecule has 4 nitrogen and oxygen atoms in total. The van der Waals surface area contributed by atoms with Gasteiger partial charge in [0, 0.05) is 21.4 Å². The lowest BCUT2D eigenvalue weighted by Crippen LogP contribution is -2.31. The fourth-order valence-corrected chi connectivity index (χ4v) is 2.96. The fraction of sp³-hybridized carbons (Fsp3) is 0.462. The third-order valence-electron chi connectivity index (χ3n) is 3.55. The van der Waals surface area contributed by atoms with Gasteiger partial charge in [-0.15, -0.1) is 0 Å². The number of nitrogens with two attached hydrogens (primary N) is 2. The van der Waals surface area contributed by atoms with Gasteiger partial charge >= 0.3 is 0 Å². The Labute approximate surface area is 115 Å². The molecule has 0 aromatic heterocycles. The maximum atomic E-state index is 11.3. The lowest BCUT2D eigenvalue weighted by Gasteiger charge is -2.27. The zero-order valence-corrected chi connectivity index (χ0v) is 12.0. The Bertz CT molecular complexity index is 481. The monoisotopic (exact) mass is 311 g/mol. The predicted molar refractivity (Wildman–Crippen MR) is 77.6 cm³/mol. The van der Waals surface area contributed by atoms with E-state index in [1.54, 1.807) is 12.1 Å². The molecule has 0 unspecified atom stereocenters. The van der Waals surface area contributed by atoms with E-state index in [2.05, 4.69) is 28.2 Å². The molecule has 0 radical (unpaired) electrons. The molecule has 98 valence electrons. The minimum Gasteiger partial charge on any atom is -0.398 e. The highest BCUT2D eigenvalue weighted by Gasteiger charge is 2.29. The summed E-state index contributed by atoms with van der Waals surface area (Å²) in [5.41, 5.74) is 12.8. The average Bonchev–Trinajstić information content (AvgIpc) is 2.69. The maximum Gasteiger partial charge on any atom is 0.250 e. The number of hydrogen-bond donors (Lipinski definition) is 3. The summed E-state index contributed by atoms with van der Waals surface area (Å²) in [4.78, 5) is 11.3. The van der Waals surface area contributed by atoms with E-state index in [4.69, 9.17) is 11.5 Å². The number of benzene rings is 1. The van der Waals surface area contributed by atoms with Crippen LogP contribution in [0.5, 0.6) is 0 Å². The van der Waals surface area contributed by atoms with Gasteiger partial charge in [-0.3, -0.25) is 4.79 Å². The zero-order valence-electron chi connectivity index (χ0n) is 10.4. The number of halogens is 1. The van der Waals surface area contributed by atoms with Crippen LogP contribution in [0.2, 0.25) is 0 Å². The summed E-state index contributed by atoms with van der Waals surface area (Å²) in [5.74, 6) is -0.500. The van der Waals surface area contributed by atoms with E-state index in [1.165, 1.54) is 12.8 Å². The standard InChI is InChI=1S/C13H18BrN3O/c1-13(4-2-3-5-13)17-11-6-8(12(16)18)10(15)7-9(11)14/h6-7,17H,2-5,15H2,1H3,(H2,16,18). The number of carbonyl (C=O) groups excluding carboxylic acids is 1. The number of anilines is 2. The minimum atomic E-state index is -0.500. The van der Waals surface area contributed by atoms with Crippen molar-refractivity contribution in [1.82, 2.24) is 0 Å². The highest BCUT2D eigenvalue weighted by molar-refractivity contribution is 9.10. The molecule has 0 spiro atoms. The molecule has 1 aromatic carbocycles. The Morgan fingerprint density at radius 1 is 1.39 bits per heavy atom. The molecular formula is C13H18BrN3O. The normalized spacial score (nSPS) is 17.7. The van der Waals surface area contributed by atoms with Crippen LogP contribution in [0, 0.1) is 0 Å². The Morgan fingerprint density at radius 3 is 2.56 bits per heavy atom. The lowest BCUT2D eigenvalue weighted by atomic mass is 9.99. The molecule has 0 heterocycles. The van der Waals surface area contributed by atoms with Gasteiger partial charge in [-0.2, -0.15) is 0 Å². The van der Waals surface area contributed by atoms with Crippen LogP contribution in [0.1, 0.15) is 43.0 Å². The largest absolute Gasteiger partial charge is 0.398 e. The van der Waals surface area contributed by atoms with Gasteiger partial charge in [0.1, 0.15) is 0 Å². The predicted octanol–water partition coefficient (Wildman–Crippen LogP) is 2.87. The SMILES string of the molecule is CC1(Nc2cc(C(N)=O)c(N)cc2Br)CCCC1. The van der Waals surface area contributed by atoms with Crippen molar-refractivity contribution in [2.24, 2.45) is 5.73 Å². The van der Waals surface area contributed by atoms with Crippen molar-refractivity contribution in [3.8, 4) is 0 Å². The molecule has 1 saturated carbocycles. The van der Waals surface area contributed by atoms with E-state index in [0.29, 0.717) is 11.3 Å². The van der Waals surface area contributed by atoms with Gasteiger partial charge in [0.05, 0.1) is 5.56 Å². The number of rotatable bonds is 3. The van der Waals surface area contributed by atoms with Crippen LogP contribution in [0.4, 0.5) is 11.4 Å². The number of carbonyl (C=O) groups is 1. The summed E-state index contributed by atoms with van der Waals surface area (Å²) >= 11 is 3.47. The van der Waals surface area contributed by atoms with Gasteiger partial charge in [-0.25, -0.2) is 0 Å². The van der Waals surface area contributed by atoms with Crippen molar-refractivity contribution < 1.29 is 4.79 Å². The first-order chi connectivity index (χ1) is 8.41. The molecule has 1 aliphatic rings. The third kappa shape index (κ3) is 2.61. The van der Waals surface area contributed by atoms with E-state index in [1.807, 2.05) is 0 Å². The fourth-order valence-electron chi connectivity index (χ4n) is 2.50. The molecule has 18 heavy (non-hydrogen) atoms. The zero-order chi connectivity index (χ0) is 13.3. The molecule has 0 saturated heterocycles. The van der Waals surface area contributed by atoms with E-state index in [0.717, 1.165) is 23.0 Å². The highest BCUT2D eigenvalue weighted by Crippen LogP contribution is 2.36. The van der Waals surface area contributed by atoms with E-state index in [-0.39, 0.29) is 5.54 Å². The van der Waals surface area contributed by atoms with Gasteiger partial charge in [-0.1, -0.05) is 12.8 Å². The van der Waals surface area contributed by atoms with Crippen molar-refractivity contribution in [3.05, 3.63) is 22.2 Å². The Balaban J connectivity index is 2.32. The number of hydrogen-bond acceptors (Lipinski definition) is 3. The van der Waals surface area contributed by atoms with Crippen LogP contribution in [0.15, 0.2) is 16.6 Å². The number of nitrogens with one attached hydrogen (secondary N) is 1. The maximum absolute atomic E-state index is 11.3. The van der Waals surface area contributed by atoms with Crippen LogP contribution in [-0.4, -0.2) is 11.4 Å².